The van der Waals surface area contributed by atoms with Gasteiger partial charge in [-0.2, -0.15) is 0 Å². The Morgan fingerprint density at radius 2 is 1.73 bits per heavy atom. The lowest BCUT2D eigenvalue weighted by Gasteiger charge is -2.13. The van der Waals surface area contributed by atoms with Crippen molar-refractivity contribution in [2.75, 3.05) is 13.1 Å². The van der Waals surface area contributed by atoms with E-state index in [1.165, 1.54) is 0 Å². The molecule has 0 bridgehead atoms. The maximum atomic E-state index is 12.4. The van der Waals surface area contributed by atoms with Gasteiger partial charge in [-0.15, -0.1) is 12.4 Å². The summed E-state index contributed by atoms with van der Waals surface area (Å²) in [7, 11) is -3.46. The van der Waals surface area contributed by atoms with Crippen LogP contribution in [0, 0.1) is 0 Å². The van der Waals surface area contributed by atoms with Crippen LogP contribution in [-0.4, -0.2) is 27.5 Å². The maximum absolute atomic E-state index is 12.4. The molecule has 2 N–H and O–H groups in total. The number of hydrogen-bond acceptors (Lipinski definition) is 3. The fraction of sp³-hybridized carbons (Fsp3) is 0.250. The highest BCUT2D eigenvalue weighted by atomic mass is 35.5. The zero-order valence-electron chi connectivity index (χ0n) is 12.0. The van der Waals surface area contributed by atoms with Gasteiger partial charge >= 0.3 is 0 Å². The average molecular weight is 339 g/mol. The fourth-order valence-corrected chi connectivity index (χ4v) is 3.83. The summed E-state index contributed by atoms with van der Waals surface area (Å²) in [5, 5.41) is 3.16. The molecule has 22 heavy (non-hydrogen) atoms. The van der Waals surface area contributed by atoms with Crippen molar-refractivity contribution < 1.29 is 8.42 Å². The second-order valence-corrected chi connectivity index (χ2v) is 6.92. The SMILES string of the molecule is Cl.O=S(=O)(NC1CCNC1)c1cccc(-c2ccccc2)c1. The van der Waals surface area contributed by atoms with E-state index in [9.17, 15) is 8.42 Å². The number of halogens is 1. The lowest BCUT2D eigenvalue weighted by molar-refractivity contribution is 0.560. The molecule has 1 aliphatic rings. The van der Waals surface area contributed by atoms with Crippen molar-refractivity contribution in [1.29, 1.82) is 0 Å². The van der Waals surface area contributed by atoms with Crippen LogP contribution in [-0.2, 0) is 10.0 Å². The Balaban J connectivity index is 0.00000176. The zero-order chi connectivity index (χ0) is 14.7. The predicted octanol–water partition coefficient (Wildman–Crippen LogP) is 2.42. The van der Waals surface area contributed by atoms with Crippen LogP contribution < -0.4 is 10.0 Å². The van der Waals surface area contributed by atoms with Gasteiger partial charge in [0, 0.05) is 12.6 Å². The first-order valence-electron chi connectivity index (χ1n) is 7.04. The predicted molar refractivity (Wildman–Crippen MR) is 90.7 cm³/mol. The van der Waals surface area contributed by atoms with Gasteiger partial charge in [0.2, 0.25) is 10.0 Å². The lowest BCUT2D eigenvalue weighted by atomic mass is 10.1. The third-order valence-corrected chi connectivity index (χ3v) is 5.15. The molecule has 0 amide bonds. The number of sulfonamides is 1. The average Bonchev–Trinajstić information content (AvgIpc) is 3.00. The van der Waals surface area contributed by atoms with Gasteiger partial charge in [0.25, 0.3) is 0 Å². The molecule has 4 nitrogen and oxygen atoms in total. The summed E-state index contributed by atoms with van der Waals surface area (Å²) in [4.78, 5) is 0.316. The molecule has 1 atom stereocenters. The van der Waals surface area contributed by atoms with Crippen molar-refractivity contribution in [2.45, 2.75) is 17.4 Å². The van der Waals surface area contributed by atoms with Gasteiger partial charge in [-0.05, 0) is 36.2 Å². The Morgan fingerprint density at radius 3 is 2.41 bits per heavy atom. The van der Waals surface area contributed by atoms with Gasteiger partial charge < -0.3 is 5.32 Å². The lowest BCUT2D eigenvalue weighted by Crippen LogP contribution is -2.36. The molecule has 2 aromatic carbocycles. The highest BCUT2D eigenvalue weighted by Gasteiger charge is 2.22. The van der Waals surface area contributed by atoms with E-state index in [4.69, 9.17) is 0 Å². The molecule has 1 fully saturated rings. The molecule has 1 saturated heterocycles. The molecule has 118 valence electrons. The van der Waals surface area contributed by atoms with E-state index in [0.29, 0.717) is 11.4 Å². The van der Waals surface area contributed by atoms with Crippen LogP contribution in [0.1, 0.15) is 6.42 Å². The van der Waals surface area contributed by atoms with Crippen LogP contribution in [0.4, 0.5) is 0 Å². The van der Waals surface area contributed by atoms with E-state index in [0.717, 1.165) is 24.1 Å². The largest absolute Gasteiger partial charge is 0.315 e. The summed E-state index contributed by atoms with van der Waals surface area (Å²) >= 11 is 0. The number of rotatable bonds is 4. The normalized spacial score (nSPS) is 17.9. The minimum absolute atomic E-state index is 0. The third-order valence-electron chi connectivity index (χ3n) is 3.63. The van der Waals surface area contributed by atoms with E-state index in [1.54, 1.807) is 18.2 Å². The first kappa shape index (κ1) is 17.0. The molecule has 0 aromatic heterocycles. The van der Waals surface area contributed by atoms with Gasteiger partial charge in [-0.25, -0.2) is 13.1 Å². The highest BCUT2D eigenvalue weighted by molar-refractivity contribution is 7.89. The molecule has 0 spiro atoms. The van der Waals surface area contributed by atoms with E-state index in [-0.39, 0.29) is 18.4 Å². The Labute approximate surface area is 137 Å². The van der Waals surface area contributed by atoms with Crippen LogP contribution in [0.2, 0.25) is 0 Å². The number of nitrogens with one attached hydrogen (secondary N) is 2. The molecule has 0 radical (unpaired) electrons. The first-order chi connectivity index (χ1) is 10.1. The summed E-state index contributed by atoms with van der Waals surface area (Å²) in [6.07, 6.45) is 0.831. The summed E-state index contributed by atoms with van der Waals surface area (Å²) in [5.41, 5.74) is 1.92. The highest BCUT2D eigenvalue weighted by Crippen LogP contribution is 2.22. The van der Waals surface area contributed by atoms with Gasteiger partial charge in [0.05, 0.1) is 4.90 Å². The van der Waals surface area contributed by atoms with Gasteiger partial charge in [0.15, 0.2) is 0 Å². The number of hydrogen-bond donors (Lipinski definition) is 2. The van der Waals surface area contributed by atoms with E-state index < -0.39 is 10.0 Å². The summed E-state index contributed by atoms with van der Waals surface area (Å²) < 4.78 is 27.6. The van der Waals surface area contributed by atoms with Gasteiger partial charge in [-0.3, -0.25) is 0 Å². The Morgan fingerprint density at radius 1 is 1.00 bits per heavy atom. The van der Waals surface area contributed by atoms with Crippen LogP contribution in [0.5, 0.6) is 0 Å². The minimum Gasteiger partial charge on any atom is -0.315 e. The maximum Gasteiger partial charge on any atom is 0.240 e. The standard InChI is InChI=1S/C16H18N2O2S.ClH/c19-21(20,18-15-9-10-17-12-15)16-8-4-7-14(11-16)13-5-2-1-3-6-13;/h1-8,11,15,17-18H,9-10,12H2;1H. The molecule has 1 unspecified atom stereocenters. The second kappa shape index (κ2) is 7.24. The quantitative estimate of drug-likeness (QED) is 0.900. The van der Waals surface area contributed by atoms with Crippen LogP contribution in [0.15, 0.2) is 59.5 Å². The van der Waals surface area contributed by atoms with Crippen molar-refractivity contribution in [3.05, 3.63) is 54.6 Å². The molecule has 6 heteroatoms. The molecule has 2 aromatic rings. The topological polar surface area (TPSA) is 58.2 Å². The zero-order valence-corrected chi connectivity index (χ0v) is 13.7. The molecular weight excluding hydrogens is 320 g/mol. The summed E-state index contributed by atoms with van der Waals surface area (Å²) in [6.45, 7) is 1.55. The molecule has 0 aliphatic carbocycles. The minimum atomic E-state index is -3.46. The van der Waals surface area contributed by atoms with Gasteiger partial charge in [0.1, 0.15) is 0 Å². The smallest absolute Gasteiger partial charge is 0.240 e. The van der Waals surface area contributed by atoms with Gasteiger partial charge in [-0.1, -0.05) is 42.5 Å². The van der Waals surface area contributed by atoms with E-state index in [1.807, 2.05) is 36.4 Å². The van der Waals surface area contributed by atoms with Crippen molar-refractivity contribution >= 4 is 22.4 Å². The fourth-order valence-electron chi connectivity index (χ4n) is 2.52. The first-order valence-corrected chi connectivity index (χ1v) is 8.52. The molecule has 1 heterocycles. The summed E-state index contributed by atoms with van der Waals surface area (Å²) in [6, 6.07) is 16.8. The molecule has 3 rings (SSSR count). The Bertz CT molecular complexity index is 714. The Kier molecular flexibility index (Phi) is 5.58. The van der Waals surface area contributed by atoms with Crippen LogP contribution in [0.3, 0.4) is 0 Å². The Hall–Kier alpha value is -1.40. The van der Waals surface area contributed by atoms with Crippen molar-refractivity contribution in [1.82, 2.24) is 10.0 Å². The van der Waals surface area contributed by atoms with Crippen molar-refractivity contribution in [3.63, 3.8) is 0 Å². The molecule has 0 saturated carbocycles. The number of benzene rings is 2. The van der Waals surface area contributed by atoms with Crippen LogP contribution >= 0.6 is 12.4 Å². The third kappa shape index (κ3) is 3.87. The molecular formula is C16H19ClN2O2S. The van der Waals surface area contributed by atoms with Crippen molar-refractivity contribution in [2.24, 2.45) is 0 Å². The van der Waals surface area contributed by atoms with Crippen molar-refractivity contribution in [3.8, 4) is 11.1 Å². The summed E-state index contributed by atoms with van der Waals surface area (Å²) in [5.74, 6) is 0. The van der Waals surface area contributed by atoms with E-state index >= 15 is 0 Å². The second-order valence-electron chi connectivity index (χ2n) is 5.20. The monoisotopic (exact) mass is 338 g/mol. The van der Waals surface area contributed by atoms with Crippen LogP contribution in [0.25, 0.3) is 11.1 Å². The van der Waals surface area contributed by atoms with E-state index in [2.05, 4.69) is 10.0 Å². The molecule has 1 aliphatic heterocycles.